The van der Waals surface area contributed by atoms with Crippen molar-refractivity contribution in [1.82, 2.24) is 4.90 Å². The van der Waals surface area contributed by atoms with E-state index in [2.05, 4.69) is 18.7 Å². The zero-order chi connectivity index (χ0) is 11.3. The summed E-state index contributed by atoms with van der Waals surface area (Å²) in [4.78, 5) is 13.0. The number of nitrogens with zero attached hydrogens (tertiary/aromatic N) is 1. The lowest BCUT2D eigenvalue weighted by Crippen LogP contribution is -2.37. The third-order valence-corrected chi connectivity index (χ3v) is 3.09. The highest BCUT2D eigenvalue weighted by Gasteiger charge is 2.21. The molecule has 3 heteroatoms. The number of carboxylic acids is 1. The molecule has 0 aliphatic carbocycles. The molecule has 1 N–H and O–H groups in total. The second-order valence-corrected chi connectivity index (χ2v) is 5.09. The summed E-state index contributed by atoms with van der Waals surface area (Å²) in [6.07, 6.45) is 3.82. The number of likely N-dealkylation sites (tertiary alicyclic amines) is 1. The minimum Gasteiger partial charge on any atom is -0.481 e. The maximum absolute atomic E-state index is 10.6. The van der Waals surface area contributed by atoms with Gasteiger partial charge in [0, 0.05) is 13.0 Å². The fourth-order valence-electron chi connectivity index (χ4n) is 2.21. The van der Waals surface area contributed by atoms with Crippen LogP contribution in [0.4, 0.5) is 0 Å². The average molecular weight is 213 g/mol. The molecule has 1 fully saturated rings. The SMILES string of the molecule is CC(C)CCN1CCCC(CC(=O)O)C1. The Balaban J connectivity index is 2.25. The molecule has 0 aromatic heterocycles. The minimum absolute atomic E-state index is 0.345. The van der Waals surface area contributed by atoms with Gasteiger partial charge in [-0.25, -0.2) is 0 Å². The minimum atomic E-state index is -0.647. The van der Waals surface area contributed by atoms with Crippen molar-refractivity contribution in [2.24, 2.45) is 11.8 Å². The van der Waals surface area contributed by atoms with Crippen LogP contribution in [-0.4, -0.2) is 35.6 Å². The van der Waals surface area contributed by atoms with E-state index in [0.717, 1.165) is 38.4 Å². The number of carbonyl (C=O) groups is 1. The number of aliphatic carboxylic acids is 1. The van der Waals surface area contributed by atoms with Crippen molar-refractivity contribution < 1.29 is 9.90 Å². The van der Waals surface area contributed by atoms with E-state index in [-0.39, 0.29) is 0 Å². The normalized spacial score (nSPS) is 23.3. The standard InChI is InChI=1S/C12H23NO2/c1-10(2)5-7-13-6-3-4-11(9-13)8-12(14)15/h10-11H,3-9H2,1-2H3,(H,14,15). The number of rotatable bonds is 5. The molecule has 1 rings (SSSR count). The van der Waals surface area contributed by atoms with E-state index in [1.165, 1.54) is 6.42 Å². The zero-order valence-electron chi connectivity index (χ0n) is 9.91. The fourth-order valence-corrected chi connectivity index (χ4v) is 2.21. The van der Waals surface area contributed by atoms with Gasteiger partial charge in [-0.3, -0.25) is 4.79 Å². The Labute approximate surface area is 92.5 Å². The van der Waals surface area contributed by atoms with Crippen LogP contribution in [0.1, 0.15) is 39.5 Å². The molecule has 1 aliphatic rings. The van der Waals surface area contributed by atoms with Crippen LogP contribution in [-0.2, 0) is 4.79 Å². The summed E-state index contributed by atoms with van der Waals surface area (Å²) < 4.78 is 0. The topological polar surface area (TPSA) is 40.5 Å². The van der Waals surface area contributed by atoms with E-state index in [9.17, 15) is 4.79 Å². The molecule has 88 valence electrons. The van der Waals surface area contributed by atoms with Crippen molar-refractivity contribution in [3.8, 4) is 0 Å². The summed E-state index contributed by atoms with van der Waals surface area (Å²) in [6, 6.07) is 0. The number of hydrogen-bond donors (Lipinski definition) is 1. The van der Waals surface area contributed by atoms with Gasteiger partial charge in [0.05, 0.1) is 0 Å². The van der Waals surface area contributed by atoms with E-state index in [4.69, 9.17) is 5.11 Å². The van der Waals surface area contributed by atoms with Crippen molar-refractivity contribution in [3.63, 3.8) is 0 Å². The van der Waals surface area contributed by atoms with E-state index in [1.54, 1.807) is 0 Å². The lowest BCUT2D eigenvalue weighted by Gasteiger charge is -2.32. The molecule has 0 radical (unpaired) electrons. The molecule has 3 nitrogen and oxygen atoms in total. The highest BCUT2D eigenvalue weighted by Crippen LogP contribution is 2.20. The summed E-state index contributed by atoms with van der Waals surface area (Å²) in [5.41, 5.74) is 0. The van der Waals surface area contributed by atoms with E-state index in [0.29, 0.717) is 12.3 Å². The molecule has 15 heavy (non-hydrogen) atoms. The quantitative estimate of drug-likeness (QED) is 0.761. The van der Waals surface area contributed by atoms with Crippen molar-refractivity contribution in [2.75, 3.05) is 19.6 Å². The predicted molar refractivity (Wildman–Crippen MR) is 60.9 cm³/mol. The highest BCUT2D eigenvalue weighted by atomic mass is 16.4. The molecule has 1 unspecified atom stereocenters. The second kappa shape index (κ2) is 6.11. The number of carboxylic acid groups (broad SMARTS) is 1. The van der Waals surface area contributed by atoms with Crippen LogP contribution in [0.5, 0.6) is 0 Å². The van der Waals surface area contributed by atoms with Crippen molar-refractivity contribution in [3.05, 3.63) is 0 Å². The Morgan fingerprint density at radius 1 is 1.53 bits per heavy atom. The monoisotopic (exact) mass is 213 g/mol. The van der Waals surface area contributed by atoms with Crippen molar-refractivity contribution in [2.45, 2.75) is 39.5 Å². The molecule has 0 amide bonds. The smallest absolute Gasteiger partial charge is 0.303 e. The second-order valence-electron chi connectivity index (χ2n) is 5.09. The van der Waals surface area contributed by atoms with E-state index < -0.39 is 5.97 Å². The molecule has 1 atom stereocenters. The van der Waals surface area contributed by atoms with Gasteiger partial charge in [-0.05, 0) is 44.2 Å². The van der Waals surface area contributed by atoms with E-state index in [1.807, 2.05) is 0 Å². The Morgan fingerprint density at radius 3 is 2.87 bits per heavy atom. The molecule has 1 heterocycles. The molecular formula is C12H23NO2. The summed E-state index contributed by atoms with van der Waals surface area (Å²) >= 11 is 0. The van der Waals surface area contributed by atoms with Crippen molar-refractivity contribution in [1.29, 1.82) is 0 Å². The fraction of sp³-hybridized carbons (Fsp3) is 0.917. The van der Waals surface area contributed by atoms with Gasteiger partial charge in [0.15, 0.2) is 0 Å². The van der Waals surface area contributed by atoms with Crippen LogP contribution >= 0.6 is 0 Å². The first-order valence-corrected chi connectivity index (χ1v) is 6.02. The molecule has 0 saturated carbocycles. The lowest BCUT2D eigenvalue weighted by molar-refractivity contribution is -0.138. The van der Waals surface area contributed by atoms with Crippen molar-refractivity contribution >= 4 is 5.97 Å². The summed E-state index contributed by atoms with van der Waals surface area (Å²) in [6.45, 7) is 7.74. The van der Waals surface area contributed by atoms with Crippen LogP contribution in [0.25, 0.3) is 0 Å². The first-order chi connectivity index (χ1) is 7.08. The summed E-state index contributed by atoms with van der Waals surface area (Å²) in [5, 5.41) is 8.75. The summed E-state index contributed by atoms with van der Waals surface area (Å²) in [5.74, 6) is 0.471. The van der Waals surface area contributed by atoms with Gasteiger partial charge in [-0.1, -0.05) is 13.8 Å². The Bertz CT molecular complexity index is 204. The van der Waals surface area contributed by atoms with Gasteiger partial charge in [0.1, 0.15) is 0 Å². The van der Waals surface area contributed by atoms with Gasteiger partial charge in [-0.15, -0.1) is 0 Å². The third-order valence-electron chi connectivity index (χ3n) is 3.09. The van der Waals surface area contributed by atoms with Gasteiger partial charge in [0.2, 0.25) is 0 Å². The van der Waals surface area contributed by atoms with Gasteiger partial charge in [-0.2, -0.15) is 0 Å². The van der Waals surface area contributed by atoms with Crippen LogP contribution in [0.15, 0.2) is 0 Å². The van der Waals surface area contributed by atoms with Crippen LogP contribution in [0.3, 0.4) is 0 Å². The Morgan fingerprint density at radius 2 is 2.27 bits per heavy atom. The molecular weight excluding hydrogens is 190 g/mol. The maximum atomic E-state index is 10.6. The maximum Gasteiger partial charge on any atom is 0.303 e. The Kier molecular flexibility index (Phi) is 5.09. The van der Waals surface area contributed by atoms with Crippen LogP contribution in [0, 0.1) is 11.8 Å². The van der Waals surface area contributed by atoms with Gasteiger partial charge in [0.25, 0.3) is 0 Å². The van der Waals surface area contributed by atoms with Gasteiger partial charge < -0.3 is 10.0 Å². The zero-order valence-corrected chi connectivity index (χ0v) is 9.91. The van der Waals surface area contributed by atoms with Gasteiger partial charge >= 0.3 is 5.97 Å². The highest BCUT2D eigenvalue weighted by molar-refractivity contribution is 5.67. The molecule has 0 spiro atoms. The lowest BCUT2D eigenvalue weighted by atomic mass is 9.94. The van der Waals surface area contributed by atoms with Crippen LogP contribution in [0.2, 0.25) is 0 Å². The van der Waals surface area contributed by atoms with Crippen LogP contribution < -0.4 is 0 Å². The molecule has 0 bridgehead atoms. The Hall–Kier alpha value is -0.570. The predicted octanol–water partition coefficient (Wildman–Crippen LogP) is 2.22. The molecule has 0 aromatic rings. The molecule has 1 aliphatic heterocycles. The molecule has 0 aromatic carbocycles. The first-order valence-electron chi connectivity index (χ1n) is 6.02. The average Bonchev–Trinajstić information content (AvgIpc) is 2.14. The molecule has 1 saturated heterocycles. The number of piperidine rings is 1. The summed E-state index contributed by atoms with van der Waals surface area (Å²) in [7, 11) is 0. The third kappa shape index (κ3) is 5.17. The number of hydrogen-bond acceptors (Lipinski definition) is 2. The van der Waals surface area contributed by atoms with E-state index >= 15 is 0 Å². The largest absolute Gasteiger partial charge is 0.481 e. The first kappa shape index (κ1) is 12.5.